The number of aromatic nitrogens is 4. The topological polar surface area (TPSA) is 89.7 Å². The molecule has 3 rings (SSSR count). The van der Waals surface area contributed by atoms with Crippen molar-refractivity contribution in [1.29, 1.82) is 0 Å². The fraction of sp³-hybridized carbons (Fsp3) is 0.0556. The molecule has 6 nitrogen and oxygen atoms in total. The molecule has 2 aromatic heterocycles. The van der Waals surface area contributed by atoms with Crippen LogP contribution in [-0.4, -0.2) is 20.2 Å². The largest absolute Gasteiger partial charge is 0.458 e. The van der Waals surface area contributed by atoms with Crippen LogP contribution in [0.5, 0.6) is 5.75 Å². The molecule has 0 saturated carbocycles. The van der Waals surface area contributed by atoms with Gasteiger partial charge in [-0.3, -0.25) is 5.10 Å². The zero-order chi connectivity index (χ0) is 16.9. The van der Waals surface area contributed by atoms with Crippen molar-refractivity contribution >= 4 is 22.4 Å². The van der Waals surface area contributed by atoms with E-state index in [9.17, 15) is 0 Å². The predicted molar refractivity (Wildman–Crippen MR) is 95.1 cm³/mol. The van der Waals surface area contributed by atoms with E-state index in [4.69, 9.17) is 10.5 Å². The number of hydrogen-bond donors (Lipinski definition) is 2. The summed E-state index contributed by atoms with van der Waals surface area (Å²) in [6.07, 6.45) is 6.99. The summed E-state index contributed by atoms with van der Waals surface area (Å²) in [6, 6.07) is 9.48. The molecule has 3 N–H and O–H groups in total. The lowest BCUT2D eigenvalue weighted by Gasteiger charge is -2.05. The van der Waals surface area contributed by atoms with Crippen LogP contribution >= 0.6 is 0 Å². The van der Waals surface area contributed by atoms with Gasteiger partial charge in [0, 0.05) is 0 Å². The maximum atomic E-state index is 5.95. The Kier molecular flexibility index (Phi) is 4.38. The van der Waals surface area contributed by atoms with Gasteiger partial charge in [-0.05, 0) is 36.8 Å². The molecule has 0 spiro atoms. The first-order chi connectivity index (χ1) is 11.7. The summed E-state index contributed by atoms with van der Waals surface area (Å²) in [5.41, 5.74) is 8.12. The van der Waals surface area contributed by atoms with Gasteiger partial charge in [0.25, 0.3) is 0 Å². The summed E-state index contributed by atoms with van der Waals surface area (Å²) < 4.78 is 5.65. The van der Waals surface area contributed by atoms with Crippen LogP contribution < -0.4 is 10.5 Å². The van der Waals surface area contributed by atoms with E-state index in [1.54, 1.807) is 6.08 Å². The van der Waals surface area contributed by atoms with Crippen molar-refractivity contribution in [2.45, 2.75) is 6.92 Å². The second kappa shape index (κ2) is 6.78. The van der Waals surface area contributed by atoms with Crippen LogP contribution in [-0.2, 0) is 0 Å². The third kappa shape index (κ3) is 3.17. The van der Waals surface area contributed by atoms with Gasteiger partial charge in [-0.25, -0.2) is 9.97 Å². The summed E-state index contributed by atoms with van der Waals surface area (Å²) in [5.74, 6) is 1.64. The minimum absolute atomic E-state index is 0.385. The molecule has 0 aliphatic heterocycles. The highest BCUT2D eigenvalue weighted by molar-refractivity contribution is 5.97. The molecule has 0 amide bonds. The van der Waals surface area contributed by atoms with Crippen molar-refractivity contribution in [1.82, 2.24) is 20.2 Å². The molecule has 1 aromatic carbocycles. The van der Waals surface area contributed by atoms with Crippen LogP contribution in [0.3, 0.4) is 0 Å². The number of benzene rings is 1. The molecule has 0 aliphatic carbocycles. The molecule has 0 bridgehead atoms. The number of nitrogens with zero attached hydrogens (tertiary/aromatic N) is 3. The van der Waals surface area contributed by atoms with Gasteiger partial charge in [0.1, 0.15) is 23.7 Å². The van der Waals surface area contributed by atoms with Crippen molar-refractivity contribution in [2.75, 3.05) is 5.73 Å². The smallest absolute Gasteiger partial charge is 0.186 e. The van der Waals surface area contributed by atoms with Crippen LogP contribution in [0.4, 0.5) is 5.82 Å². The number of nitrogen functional groups attached to an aromatic ring is 1. The number of nitrogens with two attached hydrogens (primary N) is 1. The Hall–Kier alpha value is -3.41. The normalized spacial score (nSPS) is 12.0. The minimum Gasteiger partial charge on any atom is -0.458 e. The Morgan fingerprint density at radius 2 is 2.00 bits per heavy atom. The lowest BCUT2D eigenvalue weighted by atomic mass is 10.1. The first-order valence-electron chi connectivity index (χ1n) is 7.40. The van der Waals surface area contributed by atoms with Crippen LogP contribution in [0.25, 0.3) is 16.6 Å². The van der Waals surface area contributed by atoms with E-state index in [1.807, 2.05) is 49.4 Å². The Bertz CT molecular complexity index is 925. The Balaban J connectivity index is 1.83. The van der Waals surface area contributed by atoms with Gasteiger partial charge in [-0.1, -0.05) is 30.9 Å². The first kappa shape index (κ1) is 15.5. The summed E-state index contributed by atoms with van der Waals surface area (Å²) in [7, 11) is 0. The number of rotatable bonds is 5. The van der Waals surface area contributed by atoms with E-state index in [0.717, 1.165) is 17.0 Å². The summed E-state index contributed by atoms with van der Waals surface area (Å²) in [5, 5.41) is 7.81. The second-order valence-corrected chi connectivity index (χ2v) is 5.01. The molecule has 6 heteroatoms. The van der Waals surface area contributed by atoms with Crippen LogP contribution in [0, 0.1) is 0 Å². The van der Waals surface area contributed by atoms with Gasteiger partial charge >= 0.3 is 0 Å². The number of H-pyrrole nitrogens is 1. The van der Waals surface area contributed by atoms with Crippen LogP contribution in [0.15, 0.2) is 67.2 Å². The van der Waals surface area contributed by atoms with Gasteiger partial charge < -0.3 is 10.5 Å². The molecule has 0 unspecified atom stereocenters. The molecule has 2 heterocycles. The first-order valence-corrected chi connectivity index (χ1v) is 7.40. The lowest BCUT2D eigenvalue weighted by molar-refractivity contribution is 0.447. The Morgan fingerprint density at radius 1 is 1.21 bits per heavy atom. The second-order valence-electron chi connectivity index (χ2n) is 5.01. The molecule has 120 valence electrons. The molecule has 0 saturated heterocycles. The standard InChI is InChI=1S/C18H17N5O/c1-3-13(10-9-12(2)24-14-7-5-4-6-8-14)16-15-17(19)20-11-21-18(15)23-22-16/h3-11H,2H2,1H3,(H3,19,20,21,22,23)/b10-9-,13-3+. The number of hydrogen-bond acceptors (Lipinski definition) is 5. The van der Waals surface area contributed by atoms with E-state index in [0.29, 0.717) is 22.6 Å². The number of allylic oxidation sites excluding steroid dienone is 4. The van der Waals surface area contributed by atoms with Crippen LogP contribution in [0.1, 0.15) is 12.6 Å². The van der Waals surface area contributed by atoms with Gasteiger partial charge in [0.05, 0.1) is 11.1 Å². The maximum absolute atomic E-state index is 5.95. The average molecular weight is 319 g/mol. The number of aromatic amines is 1. The maximum Gasteiger partial charge on any atom is 0.186 e. The van der Waals surface area contributed by atoms with Crippen LogP contribution in [0.2, 0.25) is 0 Å². The molecule has 0 atom stereocenters. The quantitative estimate of drug-likeness (QED) is 0.555. The number of para-hydroxylation sites is 1. The van der Waals surface area contributed by atoms with Gasteiger partial charge in [-0.15, -0.1) is 0 Å². The van der Waals surface area contributed by atoms with Crippen molar-refractivity contribution in [3.63, 3.8) is 0 Å². The van der Waals surface area contributed by atoms with E-state index in [2.05, 4.69) is 26.7 Å². The van der Waals surface area contributed by atoms with Gasteiger partial charge in [-0.2, -0.15) is 5.10 Å². The zero-order valence-electron chi connectivity index (χ0n) is 13.2. The van der Waals surface area contributed by atoms with Gasteiger partial charge in [0.2, 0.25) is 0 Å². The van der Waals surface area contributed by atoms with Crippen molar-refractivity contribution in [3.8, 4) is 5.75 Å². The Labute approximate surface area is 139 Å². The third-order valence-corrected chi connectivity index (χ3v) is 3.42. The molecule has 3 aromatic rings. The molecule has 0 fully saturated rings. The summed E-state index contributed by atoms with van der Waals surface area (Å²) in [4.78, 5) is 8.12. The van der Waals surface area contributed by atoms with Gasteiger partial charge in [0.15, 0.2) is 5.65 Å². The van der Waals surface area contributed by atoms with E-state index >= 15 is 0 Å². The molecular formula is C18H17N5O. The summed E-state index contributed by atoms with van der Waals surface area (Å²) in [6.45, 7) is 5.83. The highest BCUT2D eigenvalue weighted by atomic mass is 16.5. The van der Waals surface area contributed by atoms with E-state index in [-0.39, 0.29) is 0 Å². The van der Waals surface area contributed by atoms with Crippen molar-refractivity contribution in [2.24, 2.45) is 0 Å². The minimum atomic E-state index is 0.385. The molecule has 24 heavy (non-hydrogen) atoms. The van der Waals surface area contributed by atoms with Crippen molar-refractivity contribution < 1.29 is 4.74 Å². The number of anilines is 1. The molecule has 0 radical (unpaired) electrons. The number of ether oxygens (including phenoxy) is 1. The number of nitrogens with one attached hydrogen (secondary N) is 1. The fourth-order valence-electron chi connectivity index (χ4n) is 2.27. The SMILES string of the molecule is C=C(/C=C\C(=C/C)c1[nH]nc2ncnc(N)c12)Oc1ccccc1. The highest BCUT2D eigenvalue weighted by Crippen LogP contribution is 2.26. The number of fused-ring (bicyclic) bond motifs is 1. The monoisotopic (exact) mass is 319 g/mol. The Morgan fingerprint density at radius 3 is 2.75 bits per heavy atom. The third-order valence-electron chi connectivity index (χ3n) is 3.42. The molecular weight excluding hydrogens is 302 g/mol. The summed E-state index contributed by atoms with van der Waals surface area (Å²) >= 11 is 0. The van der Waals surface area contributed by atoms with Crippen molar-refractivity contribution in [3.05, 3.63) is 72.9 Å². The highest BCUT2D eigenvalue weighted by Gasteiger charge is 2.12. The van der Waals surface area contributed by atoms with E-state index in [1.165, 1.54) is 6.33 Å². The average Bonchev–Trinajstić information content (AvgIpc) is 3.02. The lowest BCUT2D eigenvalue weighted by Crippen LogP contribution is -1.94. The molecule has 0 aliphatic rings. The predicted octanol–water partition coefficient (Wildman–Crippen LogP) is 3.49. The van der Waals surface area contributed by atoms with E-state index < -0.39 is 0 Å². The zero-order valence-corrected chi connectivity index (χ0v) is 13.2. The fourth-order valence-corrected chi connectivity index (χ4v) is 2.27.